The Balaban J connectivity index is 2.01. The third kappa shape index (κ3) is 3.40. The highest BCUT2D eigenvalue weighted by atomic mass is 16.3. The quantitative estimate of drug-likeness (QED) is 0.881. The van der Waals surface area contributed by atoms with E-state index < -0.39 is 0 Å². The van der Waals surface area contributed by atoms with E-state index in [9.17, 15) is 15.0 Å². The molecule has 0 bridgehead atoms. The lowest BCUT2D eigenvalue weighted by atomic mass is 9.92. The Morgan fingerprint density at radius 2 is 1.79 bits per heavy atom. The number of aromatic hydroxyl groups is 2. The van der Waals surface area contributed by atoms with Crippen LogP contribution in [0.4, 0.5) is 0 Å². The van der Waals surface area contributed by atoms with E-state index in [-0.39, 0.29) is 17.4 Å². The maximum atomic E-state index is 12.3. The number of benzene rings is 1. The van der Waals surface area contributed by atoms with Crippen LogP contribution in [-0.4, -0.2) is 34.1 Å². The molecule has 2 N–H and O–H groups in total. The van der Waals surface area contributed by atoms with Crippen molar-refractivity contribution in [1.29, 1.82) is 0 Å². The van der Waals surface area contributed by atoms with Crippen molar-refractivity contribution in [1.82, 2.24) is 4.90 Å². The second kappa shape index (κ2) is 5.95. The molecule has 0 atom stereocenters. The van der Waals surface area contributed by atoms with Crippen molar-refractivity contribution in [2.45, 2.75) is 32.6 Å². The van der Waals surface area contributed by atoms with Crippen molar-refractivity contribution in [3.8, 4) is 11.5 Å². The van der Waals surface area contributed by atoms with E-state index in [0.717, 1.165) is 31.8 Å². The minimum Gasteiger partial charge on any atom is -0.508 e. The summed E-state index contributed by atoms with van der Waals surface area (Å²) >= 11 is 0. The summed E-state index contributed by atoms with van der Waals surface area (Å²) in [5, 5.41) is 18.8. The summed E-state index contributed by atoms with van der Waals surface area (Å²) in [4.78, 5) is 14.1. The lowest BCUT2D eigenvalue weighted by Gasteiger charge is -2.32. The molecule has 4 heteroatoms. The van der Waals surface area contributed by atoms with Crippen LogP contribution < -0.4 is 0 Å². The SMILES string of the molecule is CCCC1CCN(C(=O)c2cc(O)cc(O)c2)CC1. The minimum atomic E-state index is -0.110. The first kappa shape index (κ1) is 13.7. The van der Waals surface area contributed by atoms with E-state index in [2.05, 4.69) is 6.92 Å². The Morgan fingerprint density at radius 3 is 2.32 bits per heavy atom. The molecule has 1 aromatic carbocycles. The van der Waals surface area contributed by atoms with E-state index in [1.165, 1.54) is 31.0 Å². The number of rotatable bonds is 3. The molecule has 1 heterocycles. The molecule has 1 amide bonds. The molecule has 104 valence electrons. The van der Waals surface area contributed by atoms with Crippen LogP contribution in [0, 0.1) is 5.92 Å². The van der Waals surface area contributed by atoms with Crippen LogP contribution in [0.15, 0.2) is 18.2 Å². The van der Waals surface area contributed by atoms with Crippen LogP contribution in [0.2, 0.25) is 0 Å². The predicted molar refractivity (Wildman–Crippen MR) is 73.3 cm³/mol. The van der Waals surface area contributed by atoms with E-state index in [1.807, 2.05) is 0 Å². The van der Waals surface area contributed by atoms with Gasteiger partial charge in [-0.1, -0.05) is 19.8 Å². The van der Waals surface area contributed by atoms with Gasteiger partial charge in [-0.3, -0.25) is 4.79 Å². The van der Waals surface area contributed by atoms with Crippen LogP contribution in [0.5, 0.6) is 11.5 Å². The van der Waals surface area contributed by atoms with Gasteiger partial charge in [-0.15, -0.1) is 0 Å². The van der Waals surface area contributed by atoms with E-state index in [1.54, 1.807) is 4.90 Å². The Morgan fingerprint density at radius 1 is 1.21 bits per heavy atom. The van der Waals surface area contributed by atoms with Gasteiger partial charge in [-0.05, 0) is 30.9 Å². The van der Waals surface area contributed by atoms with Crippen molar-refractivity contribution >= 4 is 5.91 Å². The zero-order chi connectivity index (χ0) is 13.8. The number of carbonyl (C=O) groups is 1. The van der Waals surface area contributed by atoms with Crippen molar-refractivity contribution < 1.29 is 15.0 Å². The smallest absolute Gasteiger partial charge is 0.254 e. The summed E-state index contributed by atoms with van der Waals surface area (Å²) < 4.78 is 0. The van der Waals surface area contributed by atoms with Gasteiger partial charge in [0.25, 0.3) is 5.91 Å². The highest BCUT2D eigenvalue weighted by molar-refractivity contribution is 5.95. The maximum Gasteiger partial charge on any atom is 0.254 e. The fourth-order valence-corrected chi connectivity index (χ4v) is 2.73. The van der Waals surface area contributed by atoms with Crippen LogP contribution in [0.1, 0.15) is 43.0 Å². The molecule has 1 aromatic rings. The van der Waals surface area contributed by atoms with Gasteiger partial charge in [0.15, 0.2) is 0 Å². The molecule has 1 aliphatic rings. The third-order valence-corrected chi connectivity index (χ3v) is 3.75. The van der Waals surface area contributed by atoms with Crippen LogP contribution >= 0.6 is 0 Å². The van der Waals surface area contributed by atoms with Gasteiger partial charge in [0.05, 0.1) is 0 Å². The number of amides is 1. The van der Waals surface area contributed by atoms with E-state index in [0.29, 0.717) is 5.56 Å². The highest BCUT2D eigenvalue weighted by Crippen LogP contribution is 2.25. The van der Waals surface area contributed by atoms with Crippen LogP contribution in [0.3, 0.4) is 0 Å². The number of phenolic OH excluding ortho intramolecular Hbond substituents is 2. The summed E-state index contributed by atoms with van der Waals surface area (Å²) in [6, 6.07) is 4.03. The number of piperidine rings is 1. The van der Waals surface area contributed by atoms with Gasteiger partial charge in [0.1, 0.15) is 11.5 Å². The Hall–Kier alpha value is -1.71. The summed E-state index contributed by atoms with van der Waals surface area (Å²) in [5.74, 6) is 0.459. The van der Waals surface area contributed by atoms with Gasteiger partial charge < -0.3 is 15.1 Å². The lowest BCUT2D eigenvalue weighted by Crippen LogP contribution is -2.38. The summed E-state index contributed by atoms with van der Waals surface area (Å²) in [6.45, 7) is 3.72. The average molecular weight is 263 g/mol. The van der Waals surface area contributed by atoms with Crippen molar-refractivity contribution in [3.05, 3.63) is 23.8 Å². The molecule has 0 unspecified atom stereocenters. The summed E-state index contributed by atoms with van der Waals surface area (Å²) in [7, 11) is 0. The van der Waals surface area contributed by atoms with Gasteiger partial charge in [-0.25, -0.2) is 0 Å². The normalized spacial score (nSPS) is 16.6. The average Bonchev–Trinajstić information content (AvgIpc) is 2.38. The van der Waals surface area contributed by atoms with Crippen LogP contribution in [0.25, 0.3) is 0 Å². The molecule has 0 aromatic heterocycles. The van der Waals surface area contributed by atoms with Crippen molar-refractivity contribution in [3.63, 3.8) is 0 Å². The highest BCUT2D eigenvalue weighted by Gasteiger charge is 2.23. The maximum absolute atomic E-state index is 12.3. The van der Waals surface area contributed by atoms with Gasteiger partial charge in [-0.2, -0.15) is 0 Å². The Bertz CT molecular complexity index is 430. The zero-order valence-electron chi connectivity index (χ0n) is 11.3. The number of phenols is 2. The lowest BCUT2D eigenvalue weighted by molar-refractivity contribution is 0.0685. The molecule has 0 radical (unpaired) electrons. The summed E-state index contributed by atoms with van der Waals surface area (Å²) in [6.07, 6.45) is 4.52. The Kier molecular flexibility index (Phi) is 4.30. The van der Waals surface area contributed by atoms with Crippen molar-refractivity contribution in [2.24, 2.45) is 5.92 Å². The first-order valence-corrected chi connectivity index (χ1v) is 6.92. The Labute approximate surface area is 113 Å². The summed E-state index contributed by atoms with van der Waals surface area (Å²) in [5.41, 5.74) is 0.353. The second-order valence-electron chi connectivity index (χ2n) is 5.26. The second-order valence-corrected chi connectivity index (χ2v) is 5.26. The largest absolute Gasteiger partial charge is 0.508 e. The zero-order valence-corrected chi connectivity index (χ0v) is 11.3. The van der Waals surface area contributed by atoms with Gasteiger partial charge >= 0.3 is 0 Å². The first-order valence-electron chi connectivity index (χ1n) is 6.92. The van der Waals surface area contributed by atoms with Gasteiger partial charge in [0.2, 0.25) is 0 Å². The number of hydrogen-bond acceptors (Lipinski definition) is 3. The minimum absolute atomic E-state index is 0.0794. The monoisotopic (exact) mass is 263 g/mol. The molecule has 0 spiro atoms. The molecular formula is C15H21NO3. The molecular weight excluding hydrogens is 242 g/mol. The molecule has 4 nitrogen and oxygen atoms in total. The number of hydrogen-bond donors (Lipinski definition) is 2. The molecule has 1 fully saturated rings. The molecule has 0 saturated carbocycles. The standard InChI is InChI=1S/C15H21NO3/c1-2-3-11-4-6-16(7-5-11)15(19)12-8-13(17)10-14(18)9-12/h8-11,17-18H,2-7H2,1H3. The topological polar surface area (TPSA) is 60.8 Å². The fraction of sp³-hybridized carbons (Fsp3) is 0.533. The van der Waals surface area contributed by atoms with Gasteiger partial charge in [0, 0.05) is 24.7 Å². The van der Waals surface area contributed by atoms with Crippen LogP contribution in [-0.2, 0) is 0 Å². The molecule has 2 rings (SSSR count). The number of carbonyl (C=O) groups excluding carboxylic acids is 1. The molecule has 19 heavy (non-hydrogen) atoms. The van der Waals surface area contributed by atoms with Crippen molar-refractivity contribution in [2.75, 3.05) is 13.1 Å². The number of likely N-dealkylation sites (tertiary alicyclic amines) is 1. The van der Waals surface area contributed by atoms with E-state index >= 15 is 0 Å². The first-order chi connectivity index (χ1) is 9.10. The number of nitrogens with zero attached hydrogens (tertiary/aromatic N) is 1. The predicted octanol–water partition coefficient (Wildman–Crippen LogP) is 2.75. The third-order valence-electron chi connectivity index (χ3n) is 3.75. The van der Waals surface area contributed by atoms with E-state index in [4.69, 9.17) is 0 Å². The molecule has 0 aliphatic carbocycles. The fourth-order valence-electron chi connectivity index (χ4n) is 2.73. The molecule has 1 saturated heterocycles. The molecule has 1 aliphatic heterocycles.